The van der Waals surface area contributed by atoms with Gasteiger partial charge in [0.2, 0.25) is 0 Å². The Balaban J connectivity index is 1.61. The van der Waals surface area contributed by atoms with Gasteiger partial charge < -0.3 is 10.3 Å². The number of fused-ring (bicyclic) bond motifs is 2. The van der Waals surface area contributed by atoms with Crippen LogP contribution in [0.5, 0.6) is 0 Å². The predicted molar refractivity (Wildman–Crippen MR) is 79.0 cm³/mol. The van der Waals surface area contributed by atoms with E-state index in [1.54, 1.807) is 0 Å². The lowest BCUT2D eigenvalue weighted by Gasteiger charge is -2.17. The molecule has 0 radical (unpaired) electrons. The summed E-state index contributed by atoms with van der Waals surface area (Å²) in [6.45, 7) is 0. The van der Waals surface area contributed by atoms with Gasteiger partial charge in [-0.25, -0.2) is 4.98 Å². The van der Waals surface area contributed by atoms with E-state index in [1.165, 1.54) is 24.8 Å². The number of hydrogen-bond donors (Lipinski definition) is 2. The summed E-state index contributed by atoms with van der Waals surface area (Å²) in [6, 6.07) is 9.70. The lowest BCUT2D eigenvalue weighted by Crippen LogP contribution is -2.22. The summed E-state index contributed by atoms with van der Waals surface area (Å²) in [5, 5.41) is 3.67. The largest absolute Gasteiger partial charge is 0.342 e. The molecule has 3 atom stereocenters. The van der Waals surface area contributed by atoms with Gasteiger partial charge in [-0.2, -0.15) is 0 Å². The lowest BCUT2D eigenvalue weighted by molar-refractivity contribution is 0.490. The summed E-state index contributed by atoms with van der Waals surface area (Å²) >= 11 is 3.47. The molecule has 2 bridgehead atoms. The molecule has 0 amide bonds. The second-order valence-corrected chi connectivity index (χ2v) is 6.49. The van der Waals surface area contributed by atoms with Crippen LogP contribution >= 0.6 is 15.9 Å². The molecule has 19 heavy (non-hydrogen) atoms. The maximum atomic E-state index is 4.61. The number of aromatic nitrogens is 2. The van der Waals surface area contributed by atoms with E-state index >= 15 is 0 Å². The predicted octanol–water partition coefficient (Wildman–Crippen LogP) is 3.45. The maximum absolute atomic E-state index is 4.61. The van der Waals surface area contributed by atoms with Gasteiger partial charge in [0.15, 0.2) is 0 Å². The van der Waals surface area contributed by atoms with Crippen LogP contribution in [0.4, 0.5) is 0 Å². The molecule has 2 saturated heterocycles. The highest BCUT2D eigenvalue weighted by atomic mass is 79.9. The first-order chi connectivity index (χ1) is 9.29. The fourth-order valence-corrected chi connectivity index (χ4v) is 3.69. The third-order valence-electron chi connectivity index (χ3n) is 4.40. The molecule has 0 saturated carbocycles. The molecule has 2 aromatic rings. The molecule has 2 aliphatic heterocycles. The zero-order valence-corrected chi connectivity index (χ0v) is 12.2. The highest BCUT2D eigenvalue weighted by molar-refractivity contribution is 9.10. The number of hydrogen-bond acceptors (Lipinski definition) is 2. The molecule has 1 aromatic heterocycles. The van der Waals surface area contributed by atoms with E-state index in [0.717, 1.165) is 22.0 Å². The number of aromatic amines is 1. The molecule has 3 nitrogen and oxygen atoms in total. The van der Waals surface area contributed by atoms with Crippen LogP contribution in [-0.2, 0) is 0 Å². The van der Waals surface area contributed by atoms with E-state index in [4.69, 9.17) is 0 Å². The summed E-state index contributed by atoms with van der Waals surface area (Å²) in [5.41, 5.74) is 2.31. The number of benzene rings is 1. The van der Waals surface area contributed by atoms with Crippen molar-refractivity contribution in [1.29, 1.82) is 0 Å². The van der Waals surface area contributed by atoms with Gasteiger partial charge in [0, 0.05) is 22.5 Å². The highest BCUT2D eigenvalue weighted by Gasteiger charge is 2.41. The van der Waals surface area contributed by atoms with E-state index < -0.39 is 0 Å². The number of halogens is 1. The van der Waals surface area contributed by atoms with Crippen molar-refractivity contribution in [3.05, 3.63) is 40.8 Å². The molecule has 2 fully saturated rings. The van der Waals surface area contributed by atoms with Crippen molar-refractivity contribution in [2.24, 2.45) is 0 Å². The van der Waals surface area contributed by atoms with Gasteiger partial charge in [0.05, 0.1) is 11.9 Å². The smallest absolute Gasteiger partial charge is 0.111 e. The first kappa shape index (κ1) is 11.7. The Kier molecular flexibility index (Phi) is 2.74. The van der Waals surface area contributed by atoms with Crippen LogP contribution in [-0.4, -0.2) is 22.1 Å². The van der Waals surface area contributed by atoms with E-state index in [0.29, 0.717) is 12.0 Å². The average molecular weight is 318 g/mol. The fourth-order valence-electron chi connectivity index (χ4n) is 3.43. The van der Waals surface area contributed by atoms with Crippen LogP contribution < -0.4 is 5.32 Å². The van der Waals surface area contributed by atoms with Crippen LogP contribution in [0.2, 0.25) is 0 Å². The minimum absolute atomic E-state index is 0.572. The van der Waals surface area contributed by atoms with E-state index in [1.807, 2.05) is 6.20 Å². The maximum Gasteiger partial charge on any atom is 0.111 e. The molecule has 98 valence electrons. The van der Waals surface area contributed by atoms with Crippen molar-refractivity contribution in [3.63, 3.8) is 0 Å². The van der Waals surface area contributed by atoms with Crippen LogP contribution in [0, 0.1) is 0 Å². The average Bonchev–Trinajstić information content (AvgIpc) is 3.15. The van der Waals surface area contributed by atoms with E-state index in [9.17, 15) is 0 Å². The Morgan fingerprint density at radius 1 is 1.16 bits per heavy atom. The standard InChI is InChI=1S/C15H16BrN3/c16-10-3-1-9(2-4-10)14-8-17-15(19-14)12-7-11-5-6-13(12)18-11/h1-4,8,11-13,18H,5-7H2,(H,17,19). The first-order valence-electron chi connectivity index (χ1n) is 6.86. The summed E-state index contributed by atoms with van der Waals surface area (Å²) in [6.07, 6.45) is 5.83. The van der Waals surface area contributed by atoms with Crippen molar-refractivity contribution >= 4 is 15.9 Å². The molecule has 2 aliphatic rings. The number of H-pyrrole nitrogens is 1. The van der Waals surface area contributed by atoms with Gasteiger partial charge in [-0.1, -0.05) is 28.1 Å². The Labute approximate surface area is 121 Å². The Hall–Kier alpha value is -1.13. The van der Waals surface area contributed by atoms with Crippen molar-refractivity contribution in [2.45, 2.75) is 37.3 Å². The number of imidazole rings is 1. The number of nitrogens with zero attached hydrogens (tertiary/aromatic N) is 1. The fraction of sp³-hybridized carbons (Fsp3) is 0.400. The van der Waals surface area contributed by atoms with Crippen LogP contribution in [0.25, 0.3) is 11.3 Å². The minimum Gasteiger partial charge on any atom is -0.342 e. The molecule has 2 N–H and O–H groups in total. The zero-order valence-electron chi connectivity index (χ0n) is 10.6. The molecule has 4 heteroatoms. The third-order valence-corrected chi connectivity index (χ3v) is 4.93. The van der Waals surface area contributed by atoms with Gasteiger partial charge >= 0.3 is 0 Å². The Morgan fingerprint density at radius 3 is 2.68 bits per heavy atom. The van der Waals surface area contributed by atoms with Crippen molar-refractivity contribution in [2.75, 3.05) is 0 Å². The lowest BCUT2D eigenvalue weighted by atomic mass is 9.89. The second-order valence-electron chi connectivity index (χ2n) is 5.58. The second kappa shape index (κ2) is 4.46. The molecule has 3 unspecified atom stereocenters. The molecule has 0 aliphatic carbocycles. The molecule has 3 heterocycles. The van der Waals surface area contributed by atoms with Crippen LogP contribution in [0.15, 0.2) is 34.9 Å². The Bertz CT molecular complexity index is 590. The summed E-state index contributed by atoms with van der Waals surface area (Å²) in [7, 11) is 0. The highest BCUT2D eigenvalue weighted by Crippen LogP contribution is 2.39. The van der Waals surface area contributed by atoms with Crippen LogP contribution in [0.1, 0.15) is 31.0 Å². The number of rotatable bonds is 2. The number of nitrogens with one attached hydrogen (secondary N) is 2. The quantitative estimate of drug-likeness (QED) is 0.890. The van der Waals surface area contributed by atoms with Gasteiger partial charge in [0.25, 0.3) is 0 Å². The SMILES string of the molecule is Brc1ccc(-c2cnc(C3CC4CCC3N4)[nH]2)cc1. The van der Waals surface area contributed by atoms with E-state index in [2.05, 4.69) is 55.5 Å². The Morgan fingerprint density at radius 2 is 2.00 bits per heavy atom. The summed E-state index contributed by atoms with van der Waals surface area (Å²) in [5.74, 6) is 1.72. The van der Waals surface area contributed by atoms with Crippen molar-refractivity contribution < 1.29 is 0 Å². The van der Waals surface area contributed by atoms with Gasteiger partial charge in [-0.05, 0) is 37.0 Å². The monoisotopic (exact) mass is 317 g/mol. The molecular formula is C15H16BrN3. The first-order valence-corrected chi connectivity index (χ1v) is 7.66. The van der Waals surface area contributed by atoms with E-state index in [-0.39, 0.29) is 0 Å². The van der Waals surface area contributed by atoms with Crippen molar-refractivity contribution in [3.8, 4) is 11.3 Å². The summed E-state index contributed by atoms with van der Waals surface area (Å²) in [4.78, 5) is 8.12. The topological polar surface area (TPSA) is 40.7 Å². The van der Waals surface area contributed by atoms with Crippen molar-refractivity contribution in [1.82, 2.24) is 15.3 Å². The van der Waals surface area contributed by atoms with Gasteiger partial charge in [0.1, 0.15) is 5.82 Å². The molecule has 4 rings (SSSR count). The summed E-state index contributed by atoms with van der Waals surface area (Å²) < 4.78 is 1.10. The molecule has 0 spiro atoms. The van der Waals surface area contributed by atoms with Gasteiger partial charge in [-0.3, -0.25) is 0 Å². The molecular weight excluding hydrogens is 302 g/mol. The normalized spacial score (nSPS) is 29.0. The van der Waals surface area contributed by atoms with Crippen LogP contribution in [0.3, 0.4) is 0 Å². The minimum atomic E-state index is 0.572. The third kappa shape index (κ3) is 2.03. The van der Waals surface area contributed by atoms with Gasteiger partial charge in [-0.15, -0.1) is 0 Å². The molecule has 1 aromatic carbocycles. The zero-order chi connectivity index (χ0) is 12.8.